The summed E-state index contributed by atoms with van der Waals surface area (Å²) >= 11 is 11.0. The Bertz CT molecular complexity index is 556. The Balaban J connectivity index is 2.76. The molecule has 1 aromatic carbocycles. The fraction of sp³-hybridized carbons (Fsp3) is 0. The molecule has 5 heteroatoms. The summed E-state index contributed by atoms with van der Waals surface area (Å²) in [5, 5.41) is -0.0865. The van der Waals surface area contributed by atoms with Crippen LogP contribution >= 0.6 is 23.2 Å². The van der Waals surface area contributed by atoms with Crippen LogP contribution in [-0.4, -0.2) is 10.2 Å². The summed E-state index contributed by atoms with van der Waals surface area (Å²) in [6.45, 7) is 0. The van der Waals surface area contributed by atoms with Gasteiger partial charge in [-0.05, 0) is 29.8 Å². The molecule has 0 N–H and O–H groups in total. The van der Waals surface area contributed by atoms with Gasteiger partial charge in [0.1, 0.15) is 11.0 Å². The van der Waals surface area contributed by atoms with Gasteiger partial charge in [0.25, 0.3) is 5.24 Å². The van der Waals surface area contributed by atoms with E-state index in [1.54, 1.807) is 0 Å². The van der Waals surface area contributed by atoms with Gasteiger partial charge in [-0.25, -0.2) is 9.37 Å². The molecule has 0 saturated heterocycles. The number of rotatable bonds is 1. The highest BCUT2D eigenvalue weighted by Gasteiger charge is 2.10. The third kappa shape index (κ3) is 1.94. The van der Waals surface area contributed by atoms with E-state index in [0.717, 1.165) is 0 Å². The van der Waals surface area contributed by atoms with Crippen LogP contribution < -0.4 is 0 Å². The molecule has 2 nitrogen and oxygen atoms in total. The van der Waals surface area contributed by atoms with Crippen molar-refractivity contribution in [2.45, 2.75) is 0 Å². The monoisotopic (exact) mass is 243 g/mol. The number of carbonyl (C=O) groups excluding carboxylic acids is 1. The molecule has 0 atom stereocenters. The molecule has 76 valence electrons. The Kier molecular flexibility index (Phi) is 2.59. The van der Waals surface area contributed by atoms with Crippen molar-refractivity contribution in [2.75, 3.05) is 0 Å². The third-order valence-corrected chi connectivity index (χ3v) is 2.44. The number of aromatic nitrogens is 1. The van der Waals surface area contributed by atoms with Gasteiger partial charge in [-0.15, -0.1) is 0 Å². The summed E-state index contributed by atoms with van der Waals surface area (Å²) in [5.41, 5.74) is 0.513. The van der Waals surface area contributed by atoms with E-state index in [4.69, 9.17) is 23.2 Å². The number of fused-ring (bicyclic) bond motifs is 1. The van der Waals surface area contributed by atoms with Crippen LogP contribution in [0, 0.1) is 5.82 Å². The summed E-state index contributed by atoms with van der Waals surface area (Å²) < 4.78 is 12.9. The van der Waals surface area contributed by atoms with Gasteiger partial charge < -0.3 is 0 Å². The van der Waals surface area contributed by atoms with Crippen LogP contribution in [0.4, 0.5) is 4.39 Å². The van der Waals surface area contributed by atoms with Crippen molar-refractivity contribution in [1.29, 1.82) is 0 Å². The second-order valence-corrected chi connectivity index (χ2v) is 3.64. The first-order valence-corrected chi connectivity index (χ1v) is 4.79. The van der Waals surface area contributed by atoms with Crippen molar-refractivity contribution in [3.05, 3.63) is 40.8 Å². The second kappa shape index (κ2) is 3.76. The summed E-state index contributed by atoms with van der Waals surface area (Å²) in [6.07, 6.45) is 0. The van der Waals surface area contributed by atoms with E-state index in [0.29, 0.717) is 10.9 Å². The van der Waals surface area contributed by atoms with Crippen molar-refractivity contribution in [2.24, 2.45) is 0 Å². The van der Waals surface area contributed by atoms with Crippen LogP contribution in [0.15, 0.2) is 24.3 Å². The van der Waals surface area contributed by atoms with Crippen molar-refractivity contribution >= 4 is 39.3 Å². The summed E-state index contributed by atoms with van der Waals surface area (Å²) in [7, 11) is 0. The largest absolute Gasteiger partial charge is 0.275 e. The highest BCUT2D eigenvalue weighted by molar-refractivity contribution is 6.68. The van der Waals surface area contributed by atoms with Gasteiger partial charge in [-0.3, -0.25) is 4.79 Å². The third-order valence-electron chi connectivity index (χ3n) is 1.94. The van der Waals surface area contributed by atoms with Gasteiger partial charge in [0.2, 0.25) is 0 Å². The fourth-order valence-corrected chi connectivity index (χ4v) is 1.68. The molecule has 1 aromatic heterocycles. The predicted molar refractivity (Wildman–Crippen MR) is 56.9 cm³/mol. The van der Waals surface area contributed by atoms with E-state index in [1.165, 1.54) is 24.3 Å². The summed E-state index contributed by atoms with van der Waals surface area (Å²) in [5.74, 6) is -0.406. The van der Waals surface area contributed by atoms with Crippen LogP contribution in [0.1, 0.15) is 10.4 Å². The molecule has 1 heterocycles. The molecule has 0 amide bonds. The zero-order chi connectivity index (χ0) is 11.0. The lowest BCUT2D eigenvalue weighted by Crippen LogP contribution is -1.94. The van der Waals surface area contributed by atoms with Crippen molar-refractivity contribution in [3.8, 4) is 0 Å². The molecular weight excluding hydrogens is 240 g/mol. The molecule has 2 rings (SSSR count). The maximum Gasteiger partial charge on any atom is 0.255 e. The number of pyridine rings is 1. The number of hydrogen-bond donors (Lipinski definition) is 0. The molecule has 0 saturated carbocycles. The molecular formula is C10H4Cl2FNO. The topological polar surface area (TPSA) is 30.0 Å². The van der Waals surface area contributed by atoms with E-state index in [9.17, 15) is 9.18 Å². The molecule has 0 bridgehead atoms. The smallest absolute Gasteiger partial charge is 0.255 e. The van der Waals surface area contributed by atoms with Crippen LogP contribution in [0.2, 0.25) is 5.15 Å². The van der Waals surface area contributed by atoms with E-state index in [-0.39, 0.29) is 10.7 Å². The Hall–Kier alpha value is -1.19. The minimum atomic E-state index is -0.682. The average molecular weight is 244 g/mol. The molecule has 0 aliphatic carbocycles. The lowest BCUT2D eigenvalue weighted by molar-refractivity contribution is 0.108. The second-order valence-electron chi connectivity index (χ2n) is 2.94. The molecule has 15 heavy (non-hydrogen) atoms. The van der Waals surface area contributed by atoms with E-state index >= 15 is 0 Å². The number of nitrogens with zero attached hydrogens (tertiary/aromatic N) is 1. The fourth-order valence-electron chi connectivity index (χ4n) is 1.25. The van der Waals surface area contributed by atoms with Crippen molar-refractivity contribution in [3.63, 3.8) is 0 Å². The SMILES string of the molecule is O=C(Cl)c1cc2ccc(F)cc2nc1Cl. The Labute approximate surface area is 94.6 Å². The zero-order valence-electron chi connectivity index (χ0n) is 7.30. The molecule has 0 unspecified atom stereocenters. The summed E-state index contributed by atoms with van der Waals surface area (Å²) in [4.78, 5) is 14.8. The number of benzene rings is 1. The Morgan fingerprint density at radius 1 is 1.33 bits per heavy atom. The van der Waals surface area contributed by atoms with E-state index < -0.39 is 11.1 Å². The predicted octanol–water partition coefficient (Wildman–Crippen LogP) is 3.41. The first-order valence-electron chi connectivity index (χ1n) is 4.03. The van der Waals surface area contributed by atoms with Gasteiger partial charge in [-0.1, -0.05) is 11.6 Å². The van der Waals surface area contributed by atoms with Crippen molar-refractivity contribution < 1.29 is 9.18 Å². The van der Waals surface area contributed by atoms with Crippen LogP contribution in [0.3, 0.4) is 0 Å². The summed E-state index contributed by atoms with van der Waals surface area (Å²) in [6, 6.07) is 5.51. The van der Waals surface area contributed by atoms with E-state index in [2.05, 4.69) is 4.98 Å². The molecule has 0 aliphatic rings. The van der Waals surface area contributed by atoms with Gasteiger partial charge in [0.15, 0.2) is 0 Å². The number of carbonyl (C=O) groups is 1. The minimum Gasteiger partial charge on any atom is -0.275 e. The molecule has 0 radical (unpaired) electrons. The average Bonchev–Trinajstić information content (AvgIpc) is 2.15. The van der Waals surface area contributed by atoms with Crippen LogP contribution in [0.25, 0.3) is 10.9 Å². The molecule has 0 spiro atoms. The van der Waals surface area contributed by atoms with Crippen LogP contribution in [-0.2, 0) is 0 Å². The quantitative estimate of drug-likeness (QED) is 0.568. The molecule has 2 aromatic rings. The van der Waals surface area contributed by atoms with Crippen molar-refractivity contribution in [1.82, 2.24) is 4.98 Å². The number of hydrogen-bond acceptors (Lipinski definition) is 2. The first kappa shape index (κ1) is 10.3. The lowest BCUT2D eigenvalue weighted by atomic mass is 10.2. The highest BCUT2D eigenvalue weighted by atomic mass is 35.5. The van der Waals surface area contributed by atoms with E-state index in [1.807, 2.05) is 0 Å². The van der Waals surface area contributed by atoms with Gasteiger partial charge in [-0.2, -0.15) is 0 Å². The van der Waals surface area contributed by atoms with Gasteiger partial charge >= 0.3 is 0 Å². The Morgan fingerprint density at radius 2 is 2.07 bits per heavy atom. The molecule has 0 fully saturated rings. The maximum atomic E-state index is 12.9. The first-order chi connectivity index (χ1) is 7.08. The Morgan fingerprint density at radius 3 is 2.73 bits per heavy atom. The highest BCUT2D eigenvalue weighted by Crippen LogP contribution is 2.22. The van der Waals surface area contributed by atoms with Crippen LogP contribution in [0.5, 0.6) is 0 Å². The van der Waals surface area contributed by atoms with Gasteiger partial charge in [0, 0.05) is 11.5 Å². The zero-order valence-corrected chi connectivity index (χ0v) is 8.81. The normalized spacial score (nSPS) is 10.6. The number of halogens is 3. The standard InChI is InChI=1S/C10H4Cl2FNO/c11-9-7(10(12)15)3-5-1-2-6(13)4-8(5)14-9/h1-4H. The molecule has 0 aliphatic heterocycles. The minimum absolute atomic E-state index is 0.0203. The van der Waals surface area contributed by atoms with Gasteiger partial charge in [0.05, 0.1) is 11.1 Å². The lowest BCUT2D eigenvalue weighted by Gasteiger charge is -2.01. The maximum absolute atomic E-state index is 12.9.